The van der Waals surface area contributed by atoms with Crippen LogP contribution in [0.4, 0.5) is 0 Å². The molecule has 5 rings (SSSR count). The fourth-order valence-corrected chi connectivity index (χ4v) is 4.85. The third kappa shape index (κ3) is 2.67. The van der Waals surface area contributed by atoms with Gasteiger partial charge in [-0.2, -0.15) is 0 Å². The molecule has 0 bridgehead atoms. The molecular weight excluding hydrogens is 312 g/mol. The molecule has 130 valence electrons. The van der Waals surface area contributed by atoms with Gasteiger partial charge in [0, 0.05) is 37.3 Å². The number of likely N-dealkylation sites (tertiary alicyclic amines) is 1. The summed E-state index contributed by atoms with van der Waals surface area (Å²) in [6, 6.07) is 8.83. The zero-order valence-electron chi connectivity index (χ0n) is 14.5. The van der Waals surface area contributed by atoms with E-state index in [0.29, 0.717) is 11.8 Å². The van der Waals surface area contributed by atoms with E-state index in [0.717, 1.165) is 43.9 Å². The van der Waals surface area contributed by atoms with E-state index in [1.54, 1.807) is 6.33 Å². The number of rotatable bonds is 4. The number of carbonyl (C=O) groups is 1. The van der Waals surface area contributed by atoms with Crippen LogP contribution in [0.25, 0.3) is 0 Å². The number of fused-ring (bicyclic) bond motifs is 2. The Labute approximate surface area is 147 Å². The SMILES string of the molecule is Cc1[nH]cnc1CN1C[C@@H]2C(C(=O)NC3Cc4ccccc4C3)[C@@H]2C1. The Morgan fingerprint density at radius 2 is 1.92 bits per heavy atom. The molecule has 1 saturated carbocycles. The molecule has 1 aromatic carbocycles. The number of benzene rings is 1. The molecule has 1 aromatic heterocycles. The molecular formula is C20H24N4O. The smallest absolute Gasteiger partial charge is 0.224 e. The highest BCUT2D eigenvalue weighted by atomic mass is 16.2. The summed E-state index contributed by atoms with van der Waals surface area (Å²) < 4.78 is 0. The molecule has 2 heterocycles. The number of hydrogen-bond donors (Lipinski definition) is 2. The average Bonchev–Trinajstić information content (AvgIpc) is 2.98. The second-order valence-electron chi connectivity index (χ2n) is 7.90. The highest BCUT2D eigenvalue weighted by molar-refractivity contribution is 5.83. The van der Waals surface area contributed by atoms with E-state index in [1.807, 2.05) is 0 Å². The standard InChI is InChI=1S/C20H24N4O/c1-12-18(22-11-21-12)10-24-8-16-17(9-24)19(16)20(25)23-15-6-13-4-2-3-5-14(13)7-15/h2-5,11,15-17,19H,6-10H2,1H3,(H,21,22)(H,23,25)/t16-,17+,19?. The Balaban J connectivity index is 1.13. The van der Waals surface area contributed by atoms with Gasteiger partial charge in [-0.25, -0.2) is 4.98 Å². The van der Waals surface area contributed by atoms with Gasteiger partial charge in [0.15, 0.2) is 0 Å². The number of hydrogen-bond acceptors (Lipinski definition) is 3. The van der Waals surface area contributed by atoms with Gasteiger partial charge in [0.25, 0.3) is 0 Å². The lowest BCUT2D eigenvalue weighted by Crippen LogP contribution is -2.38. The van der Waals surface area contributed by atoms with Crippen LogP contribution in [0, 0.1) is 24.7 Å². The Bertz CT molecular complexity index is 777. The number of carbonyl (C=O) groups excluding carboxylic acids is 1. The van der Waals surface area contributed by atoms with Gasteiger partial charge >= 0.3 is 0 Å². The first-order chi connectivity index (χ1) is 12.2. The van der Waals surface area contributed by atoms with Crippen molar-refractivity contribution in [2.75, 3.05) is 13.1 Å². The van der Waals surface area contributed by atoms with Gasteiger partial charge in [0.05, 0.1) is 12.0 Å². The summed E-state index contributed by atoms with van der Waals surface area (Å²) in [6.07, 6.45) is 3.72. The molecule has 1 aliphatic heterocycles. The Morgan fingerprint density at radius 3 is 2.52 bits per heavy atom. The van der Waals surface area contributed by atoms with Crippen LogP contribution in [-0.4, -0.2) is 39.9 Å². The van der Waals surface area contributed by atoms with Crippen molar-refractivity contribution in [1.29, 1.82) is 0 Å². The predicted molar refractivity (Wildman–Crippen MR) is 94.9 cm³/mol. The molecule has 0 spiro atoms. The largest absolute Gasteiger partial charge is 0.352 e. The molecule has 2 aliphatic carbocycles. The topological polar surface area (TPSA) is 61.0 Å². The maximum absolute atomic E-state index is 12.7. The van der Waals surface area contributed by atoms with E-state index in [4.69, 9.17) is 0 Å². The van der Waals surface area contributed by atoms with Crippen molar-refractivity contribution >= 4 is 5.91 Å². The lowest BCUT2D eigenvalue weighted by Gasteiger charge is -2.19. The predicted octanol–water partition coefficient (Wildman–Crippen LogP) is 1.68. The minimum Gasteiger partial charge on any atom is -0.352 e. The molecule has 1 saturated heterocycles. The summed E-state index contributed by atoms with van der Waals surface area (Å²) in [5, 5.41) is 3.31. The lowest BCUT2D eigenvalue weighted by molar-refractivity contribution is -0.123. The van der Waals surface area contributed by atoms with Crippen LogP contribution in [0.2, 0.25) is 0 Å². The van der Waals surface area contributed by atoms with Crippen molar-refractivity contribution in [3.05, 3.63) is 53.1 Å². The van der Waals surface area contributed by atoms with Gasteiger partial charge < -0.3 is 10.3 Å². The number of H-pyrrole nitrogens is 1. The summed E-state index contributed by atoms with van der Waals surface area (Å²) in [5.74, 6) is 1.61. The van der Waals surface area contributed by atoms with E-state index in [9.17, 15) is 4.79 Å². The first-order valence-corrected chi connectivity index (χ1v) is 9.27. The molecule has 5 heteroatoms. The van der Waals surface area contributed by atoms with E-state index >= 15 is 0 Å². The molecule has 5 nitrogen and oxygen atoms in total. The summed E-state index contributed by atoms with van der Waals surface area (Å²) in [6.45, 7) is 5.02. The zero-order valence-corrected chi connectivity index (χ0v) is 14.5. The number of aromatic amines is 1. The summed E-state index contributed by atoms with van der Waals surface area (Å²) in [5.41, 5.74) is 5.07. The number of nitrogens with zero attached hydrogens (tertiary/aromatic N) is 2. The number of piperidine rings is 1. The molecule has 1 unspecified atom stereocenters. The van der Waals surface area contributed by atoms with Gasteiger partial charge in [0.1, 0.15) is 0 Å². The second-order valence-corrected chi connectivity index (χ2v) is 7.90. The normalized spacial score (nSPS) is 28.0. The third-order valence-electron chi connectivity index (χ3n) is 6.28. The highest BCUT2D eigenvalue weighted by Gasteiger charge is 2.59. The summed E-state index contributed by atoms with van der Waals surface area (Å²) >= 11 is 0. The van der Waals surface area contributed by atoms with Crippen LogP contribution in [0.5, 0.6) is 0 Å². The van der Waals surface area contributed by atoms with Crippen molar-refractivity contribution in [2.45, 2.75) is 32.4 Å². The van der Waals surface area contributed by atoms with Crippen LogP contribution >= 0.6 is 0 Å². The van der Waals surface area contributed by atoms with Gasteiger partial charge in [-0.15, -0.1) is 0 Å². The van der Waals surface area contributed by atoms with Gasteiger partial charge in [-0.1, -0.05) is 24.3 Å². The first-order valence-electron chi connectivity index (χ1n) is 9.27. The van der Waals surface area contributed by atoms with Crippen molar-refractivity contribution in [2.24, 2.45) is 17.8 Å². The summed E-state index contributed by atoms with van der Waals surface area (Å²) in [7, 11) is 0. The van der Waals surface area contributed by atoms with Crippen LogP contribution in [-0.2, 0) is 24.2 Å². The molecule has 1 amide bonds. The van der Waals surface area contributed by atoms with E-state index < -0.39 is 0 Å². The van der Waals surface area contributed by atoms with E-state index in [-0.39, 0.29) is 17.9 Å². The third-order valence-corrected chi connectivity index (χ3v) is 6.28. The van der Waals surface area contributed by atoms with Gasteiger partial charge in [-0.3, -0.25) is 9.69 Å². The highest BCUT2D eigenvalue weighted by Crippen LogP contribution is 2.52. The number of amides is 1. The van der Waals surface area contributed by atoms with Crippen LogP contribution < -0.4 is 5.32 Å². The lowest BCUT2D eigenvalue weighted by atomic mass is 10.1. The van der Waals surface area contributed by atoms with Crippen LogP contribution in [0.3, 0.4) is 0 Å². The maximum Gasteiger partial charge on any atom is 0.224 e. The summed E-state index contributed by atoms with van der Waals surface area (Å²) in [4.78, 5) is 22.6. The average molecular weight is 336 g/mol. The molecule has 3 atom stereocenters. The molecule has 3 aliphatic rings. The number of aryl methyl sites for hydroxylation is 1. The van der Waals surface area contributed by atoms with Crippen molar-refractivity contribution in [3.63, 3.8) is 0 Å². The maximum atomic E-state index is 12.7. The fourth-order valence-electron chi connectivity index (χ4n) is 4.85. The molecule has 2 aromatic rings. The monoisotopic (exact) mass is 336 g/mol. The Hall–Kier alpha value is -2.14. The van der Waals surface area contributed by atoms with E-state index in [1.165, 1.54) is 11.1 Å². The number of imidazole rings is 1. The minimum absolute atomic E-state index is 0.236. The molecule has 25 heavy (non-hydrogen) atoms. The second kappa shape index (κ2) is 5.70. The quantitative estimate of drug-likeness (QED) is 0.893. The van der Waals surface area contributed by atoms with Gasteiger partial charge in [-0.05, 0) is 42.7 Å². The molecule has 0 radical (unpaired) electrons. The number of nitrogens with one attached hydrogen (secondary N) is 2. The van der Waals surface area contributed by atoms with Crippen molar-refractivity contribution in [3.8, 4) is 0 Å². The van der Waals surface area contributed by atoms with Gasteiger partial charge in [0.2, 0.25) is 5.91 Å². The minimum atomic E-state index is 0.236. The van der Waals surface area contributed by atoms with Crippen molar-refractivity contribution < 1.29 is 4.79 Å². The Morgan fingerprint density at radius 1 is 1.24 bits per heavy atom. The zero-order chi connectivity index (χ0) is 17.0. The number of aromatic nitrogens is 2. The van der Waals surface area contributed by atoms with E-state index in [2.05, 4.69) is 51.4 Å². The van der Waals surface area contributed by atoms with Crippen LogP contribution in [0.15, 0.2) is 30.6 Å². The first kappa shape index (κ1) is 15.1. The Kier molecular flexibility index (Phi) is 3.45. The molecule has 2 fully saturated rings. The fraction of sp³-hybridized carbons (Fsp3) is 0.500. The van der Waals surface area contributed by atoms with Crippen molar-refractivity contribution in [1.82, 2.24) is 20.2 Å². The molecule has 2 N–H and O–H groups in total. The van der Waals surface area contributed by atoms with Crippen LogP contribution in [0.1, 0.15) is 22.5 Å².